The van der Waals surface area contributed by atoms with E-state index in [2.05, 4.69) is 10.3 Å². The van der Waals surface area contributed by atoms with Gasteiger partial charge in [0.25, 0.3) is 0 Å². The number of carboxylic acid groups (broad SMARTS) is 1. The number of aromatic carboxylic acids is 1. The normalized spacial score (nSPS) is 11.2. The molecule has 0 unspecified atom stereocenters. The highest BCUT2D eigenvalue weighted by Gasteiger charge is 2.27. The Balaban J connectivity index is 2.48. The van der Waals surface area contributed by atoms with E-state index in [0.29, 0.717) is 0 Å². The molecule has 17 heavy (non-hydrogen) atoms. The first-order valence-electron chi connectivity index (χ1n) is 4.25. The molecule has 0 atom stereocenters. The number of alkyl halides is 3. The minimum atomic E-state index is -4.50. The largest absolute Gasteiger partial charge is 0.476 e. The minimum absolute atomic E-state index is 0.395. The number of carbonyl (C=O) groups is 2. The number of carbonyl (C=O) groups excluding carboxylic acids is 1. The zero-order valence-electron chi connectivity index (χ0n) is 8.23. The van der Waals surface area contributed by atoms with Crippen molar-refractivity contribution in [3.8, 4) is 0 Å². The molecule has 1 amide bonds. The molecule has 10 heteroatoms. The Bertz CT molecular complexity index is 428. The molecule has 0 aliphatic rings. The number of nitrogens with zero attached hydrogens (tertiary/aromatic N) is 3. The number of halogens is 3. The summed E-state index contributed by atoms with van der Waals surface area (Å²) in [5.74, 6) is -2.28. The fourth-order valence-electron chi connectivity index (χ4n) is 0.876. The maximum Gasteiger partial charge on any atom is 0.405 e. The van der Waals surface area contributed by atoms with Gasteiger partial charge in [-0.15, -0.1) is 5.10 Å². The third kappa shape index (κ3) is 4.49. The molecule has 1 heterocycles. The van der Waals surface area contributed by atoms with Gasteiger partial charge in [-0.1, -0.05) is 5.21 Å². The Kier molecular flexibility index (Phi) is 3.66. The number of aromatic nitrogens is 3. The van der Waals surface area contributed by atoms with Crippen LogP contribution in [0, 0.1) is 0 Å². The summed E-state index contributed by atoms with van der Waals surface area (Å²) in [4.78, 5) is 21.4. The lowest BCUT2D eigenvalue weighted by molar-refractivity contribution is -0.138. The van der Waals surface area contributed by atoms with Crippen LogP contribution in [0.2, 0.25) is 0 Å². The van der Waals surface area contributed by atoms with Crippen molar-refractivity contribution in [1.82, 2.24) is 20.3 Å². The second-order valence-electron chi connectivity index (χ2n) is 3.00. The summed E-state index contributed by atoms with van der Waals surface area (Å²) in [6.45, 7) is -1.98. The SMILES string of the molecule is O=C(Cn1cc(C(=O)O)nn1)NCC(F)(F)F. The van der Waals surface area contributed by atoms with Crippen molar-refractivity contribution in [3.05, 3.63) is 11.9 Å². The van der Waals surface area contributed by atoms with Crippen molar-refractivity contribution in [1.29, 1.82) is 0 Å². The standard InChI is InChI=1S/C7H7F3N4O3/c8-7(9,10)3-11-5(15)2-14-1-4(6(16)17)12-13-14/h1H,2-3H2,(H,11,15)(H,16,17). The summed E-state index contributed by atoms with van der Waals surface area (Å²) in [6.07, 6.45) is -3.56. The highest BCUT2D eigenvalue weighted by atomic mass is 19.4. The molecule has 0 spiro atoms. The molecule has 0 aliphatic carbocycles. The van der Waals surface area contributed by atoms with Crippen LogP contribution in [-0.2, 0) is 11.3 Å². The van der Waals surface area contributed by atoms with Crippen molar-refractivity contribution in [2.75, 3.05) is 6.54 Å². The van der Waals surface area contributed by atoms with Crippen molar-refractivity contribution in [3.63, 3.8) is 0 Å². The van der Waals surface area contributed by atoms with Crippen LogP contribution in [-0.4, -0.2) is 44.7 Å². The van der Waals surface area contributed by atoms with E-state index in [1.807, 2.05) is 0 Å². The fourth-order valence-corrected chi connectivity index (χ4v) is 0.876. The van der Waals surface area contributed by atoms with E-state index in [-0.39, 0.29) is 0 Å². The molecule has 0 radical (unpaired) electrons. The number of hydrogen-bond donors (Lipinski definition) is 2. The van der Waals surface area contributed by atoms with Gasteiger partial charge >= 0.3 is 12.1 Å². The zero-order chi connectivity index (χ0) is 13.1. The average Bonchev–Trinajstić information content (AvgIpc) is 2.62. The first kappa shape index (κ1) is 12.9. The summed E-state index contributed by atoms with van der Waals surface area (Å²) < 4.78 is 36.0. The molecule has 1 aromatic rings. The average molecular weight is 252 g/mol. The maximum absolute atomic E-state index is 11.7. The Labute approximate surface area is 92.2 Å². The molecular formula is C7H7F3N4O3. The van der Waals surface area contributed by atoms with Crippen LogP contribution < -0.4 is 5.32 Å². The zero-order valence-corrected chi connectivity index (χ0v) is 8.23. The Hall–Kier alpha value is -2.13. The Morgan fingerprint density at radius 3 is 2.59 bits per heavy atom. The van der Waals surface area contributed by atoms with E-state index in [1.165, 1.54) is 0 Å². The van der Waals surface area contributed by atoms with Gasteiger partial charge in [0.1, 0.15) is 13.1 Å². The predicted molar refractivity (Wildman–Crippen MR) is 46.0 cm³/mol. The summed E-state index contributed by atoms with van der Waals surface area (Å²) in [5.41, 5.74) is -0.395. The van der Waals surface area contributed by atoms with Crippen LogP contribution in [0.15, 0.2) is 6.20 Å². The minimum Gasteiger partial charge on any atom is -0.476 e. The molecule has 7 nitrogen and oxygen atoms in total. The second kappa shape index (κ2) is 4.80. The molecule has 1 aromatic heterocycles. The lowest BCUT2D eigenvalue weighted by atomic mass is 10.5. The Morgan fingerprint density at radius 2 is 2.12 bits per heavy atom. The van der Waals surface area contributed by atoms with Gasteiger partial charge in [0.2, 0.25) is 5.91 Å². The quantitative estimate of drug-likeness (QED) is 0.763. The van der Waals surface area contributed by atoms with Crippen LogP contribution in [0.3, 0.4) is 0 Å². The predicted octanol–water partition coefficient (Wildman–Crippen LogP) is -0.345. The van der Waals surface area contributed by atoms with Crippen LogP contribution in [0.25, 0.3) is 0 Å². The third-order valence-corrected chi connectivity index (χ3v) is 1.55. The topological polar surface area (TPSA) is 97.1 Å². The first-order valence-corrected chi connectivity index (χ1v) is 4.25. The Morgan fingerprint density at radius 1 is 1.47 bits per heavy atom. The van der Waals surface area contributed by atoms with E-state index in [1.54, 1.807) is 5.32 Å². The maximum atomic E-state index is 11.7. The van der Waals surface area contributed by atoms with Crippen molar-refractivity contribution in [2.45, 2.75) is 12.7 Å². The molecule has 94 valence electrons. The number of nitrogens with one attached hydrogen (secondary N) is 1. The summed E-state index contributed by atoms with van der Waals surface area (Å²) in [6, 6.07) is 0. The fraction of sp³-hybridized carbons (Fsp3) is 0.429. The molecular weight excluding hydrogens is 245 g/mol. The summed E-state index contributed by atoms with van der Waals surface area (Å²) >= 11 is 0. The van der Waals surface area contributed by atoms with Gasteiger partial charge in [-0.25, -0.2) is 9.48 Å². The molecule has 0 saturated carbocycles. The molecule has 0 aliphatic heterocycles. The van der Waals surface area contributed by atoms with Gasteiger partial charge in [-0.05, 0) is 0 Å². The van der Waals surface area contributed by atoms with E-state index in [4.69, 9.17) is 5.11 Å². The first-order chi connectivity index (χ1) is 7.78. The molecule has 2 N–H and O–H groups in total. The number of carboxylic acids is 1. The van der Waals surface area contributed by atoms with Gasteiger partial charge in [-0.2, -0.15) is 13.2 Å². The van der Waals surface area contributed by atoms with E-state index in [0.717, 1.165) is 10.9 Å². The smallest absolute Gasteiger partial charge is 0.405 e. The van der Waals surface area contributed by atoms with Crippen LogP contribution in [0.1, 0.15) is 10.5 Å². The monoisotopic (exact) mass is 252 g/mol. The summed E-state index contributed by atoms with van der Waals surface area (Å²) in [7, 11) is 0. The summed E-state index contributed by atoms with van der Waals surface area (Å²) in [5, 5.41) is 16.5. The second-order valence-corrected chi connectivity index (χ2v) is 3.00. The van der Waals surface area contributed by atoms with Crippen LogP contribution in [0.5, 0.6) is 0 Å². The highest BCUT2D eigenvalue weighted by Crippen LogP contribution is 2.11. The lowest BCUT2D eigenvalue weighted by Gasteiger charge is -2.07. The van der Waals surface area contributed by atoms with Crippen molar-refractivity contribution < 1.29 is 27.9 Å². The van der Waals surface area contributed by atoms with Crippen molar-refractivity contribution in [2.24, 2.45) is 0 Å². The highest BCUT2D eigenvalue weighted by molar-refractivity contribution is 5.84. The van der Waals surface area contributed by atoms with Gasteiger partial charge in [0, 0.05) is 0 Å². The van der Waals surface area contributed by atoms with Gasteiger partial charge in [0.15, 0.2) is 5.69 Å². The van der Waals surface area contributed by atoms with E-state index >= 15 is 0 Å². The lowest BCUT2D eigenvalue weighted by Crippen LogP contribution is -2.35. The van der Waals surface area contributed by atoms with Crippen molar-refractivity contribution >= 4 is 11.9 Å². The number of hydrogen-bond acceptors (Lipinski definition) is 4. The molecule has 0 fully saturated rings. The number of rotatable bonds is 4. The molecule has 0 aromatic carbocycles. The van der Waals surface area contributed by atoms with Gasteiger partial charge < -0.3 is 10.4 Å². The van der Waals surface area contributed by atoms with Gasteiger partial charge in [0.05, 0.1) is 6.20 Å². The van der Waals surface area contributed by atoms with E-state index in [9.17, 15) is 22.8 Å². The van der Waals surface area contributed by atoms with Crippen LogP contribution >= 0.6 is 0 Å². The van der Waals surface area contributed by atoms with Gasteiger partial charge in [-0.3, -0.25) is 4.79 Å². The molecule has 0 bridgehead atoms. The molecule has 1 rings (SSSR count). The molecule has 0 saturated heterocycles. The van der Waals surface area contributed by atoms with Crippen LogP contribution in [0.4, 0.5) is 13.2 Å². The third-order valence-electron chi connectivity index (χ3n) is 1.55. The van der Waals surface area contributed by atoms with E-state index < -0.39 is 36.8 Å². The number of amides is 1.